The lowest BCUT2D eigenvalue weighted by atomic mass is 10.0. The number of rotatable bonds is 7. The van der Waals surface area contributed by atoms with Crippen molar-refractivity contribution in [3.63, 3.8) is 0 Å². The molecule has 0 spiro atoms. The minimum absolute atomic E-state index is 0. The van der Waals surface area contributed by atoms with Gasteiger partial charge < -0.3 is 11.1 Å². The number of halogens is 1. The first-order valence-corrected chi connectivity index (χ1v) is 9.12. The second-order valence-corrected chi connectivity index (χ2v) is 6.60. The van der Waals surface area contributed by atoms with Gasteiger partial charge >= 0.3 is 0 Å². The van der Waals surface area contributed by atoms with Crippen LogP contribution in [0, 0.1) is 0 Å². The summed E-state index contributed by atoms with van der Waals surface area (Å²) in [5.41, 5.74) is 8.01. The van der Waals surface area contributed by atoms with E-state index in [1.807, 2.05) is 37.3 Å². The zero-order valence-electron chi connectivity index (χ0n) is 15.7. The van der Waals surface area contributed by atoms with E-state index < -0.39 is 0 Å². The van der Waals surface area contributed by atoms with Gasteiger partial charge in [-0.2, -0.15) is 0 Å². The maximum Gasteiger partial charge on any atom is 0.261 e. The molecule has 3 amide bonds. The van der Waals surface area contributed by atoms with Crippen LogP contribution in [0.25, 0.3) is 0 Å². The van der Waals surface area contributed by atoms with Gasteiger partial charge in [0.15, 0.2) is 0 Å². The number of carbonyl (C=O) groups excluding carboxylic acids is 3. The van der Waals surface area contributed by atoms with Crippen molar-refractivity contribution in [1.82, 2.24) is 10.2 Å². The molecule has 1 atom stereocenters. The minimum Gasteiger partial charge on any atom is -0.350 e. The Kier molecular flexibility index (Phi) is 7.31. The van der Waals surface area contributed by atoms with Crippen LogP contribution < -0.4 is 11.1 Å². The molecule has 148 valence electrons. The summed E-state index contributed by atoms with van der Waals surface area (Å²) in [6.07, 6.45) is 1.65. The van der Waals surface area contributed by atoms with Crippen molar-refractivity contribution in [2.75, 3.05) is 13.1 Å². The molecule has 0 radical (unpaired) electrons. The van der Waals surface area contributed by atoms with Crippen molar-refractivity contribution >= 4 is 30.1 Å². The molecular weight excluding hydrogens is 378 g/mol. The number of nitrogens with one attached hydrogen (secondary N) is 1. The highest BCUT2D eigenvalue weighted by Gasteiger charge is 2.35. The van der Waals surface area contributed by atoms with Crippen molar-refractivity contribution in [3.05, 3.63) is 70.8 Å². The first-order chi connectivity index (χ1) is 13.0. The van der Waals surface area contributed by atoms with Crippen LogP contribution in [0.2, 0.25) is 0 Å². The van der Waals surface area contributed by atoms with E-state index in [0.29, 0.717) is 17.7 Å². The molecule has 1 unspecified atom stereocenters. The van der Waals surface area contributed by atoms with Crippen molar-refractivity contribution in [3.8, 4) is 0 Å². The molecule has 0 saturated carbocycles. The third kappa shape index (κ3) is 4.40. The highest BCUT2D eigenvalue weighted by atomic mass is 35.5. The fourth-order valence-corrected chi connectivity index (χ4v) is 3.07. The van der Waals surface area contributed by atoms with Crippen LogP contribution in [-0.4, -0.2) is 35.7 Å². The van der Waals surface area contributed by atoms with Gasteiger partial charge in [0.25, 0.3) is 17.7 Å². The molecule has 0 aromatic heterocycles. The van der Waals surface area contributed by atoms with Gasteiger partial charge in [0.2, 0.25) is 0 Å². The van der Waals surface area contributed by atoms with Crippen molar-refractivity contribution in [1.29, 1.82) is 0 Å². The minimum atomic E-state index is -0.334. The maximum absolute atomic E-state index is 12.5. The van der Waals surface area contributed by atoms with Gasteiger partial charge in [-0.15, -0.1) is 12.4 Å². The third-order valence-electron chi connectivity index (χ3n) is 4.68. The Hall–Kier alpha value is -2.70. The normalized spacial score (nSPS) is 13.7. The highest BCUT2D eigenvalue weighted by Crippen LogP contribution is 2.24. The predicted octanol–water partition coefficient (Wildman–Crippen LogP) is 2.93. The standard InChI is InChI=1S/C21H23N3O3.ClH/c1-2-3-11-24-20(26)16-10-9-15(12-17(16)21(24)27)19(25)23-13-18(22)14-7-5-4-6-8-14;/h4-10,12,18H,2-3,11,13,22H2,1H3,(H,23,25);1H. The number of amides is 3. The van der Waals surface area contributed by atoms with Gasteiger partial charge in [-0.25, -0.2) is 0 Å². The molecule has 0 bridgehead atoms. The molecule has 3 N–H and O–H groups in total. The highest BCUT2D eigenvalue weighted by molar-refractivity contribution is 6.22. The molecule has 2 aromatic rings. The van der Waals surface area contributed by atoms with Crippen LogP contribution in [-0.2, 0) is 0 Å². The van der Waals surface area contributed by atoms with Gasteiger partial charge in [0.05, 0.1) is 11.1 Å². The molecule has 0 saturated heterocycles. The lowest BCUT2D eigenvalue weighted by molar-refractivity contribution is 0.0652. The Morgan fingerprint density at radius 3 is 2.43 bits per heavy atom. The van der Waals surface area contributed by atoms with Crippen LogP contribution in [0.1, 0.15) is 62.4 Å². The van der Waals surface area contributed by atoms with Gasteiger partial charge in [0, 0.05) is 24.7 Å². The summed E-state index contributed by atoms with van der Waals surface area (Å²) < 4.78 is 0. The monoisotopic (exact) mass is 401 g/mol. The smallest absolute Gasteiger partial charge is 0.261 e. The van der Waals surface area contributed by atoms with E-state index in [0.717, 1.165) is 18.4 Å². The second kappa shape index (κ2) is 9.48. The van der Waals surface area contributed by atoms with Crippen LogP contribution in [0.4, 0.5) is 0 Å². The number of benzene rings is 2. The summed E-state index contributed by atoms with van der Waals surface area (Å²) in [6.45, 7) is 2.67. The van der Waals surface area contributed by atoms with E-state index in [2.05, 4.69) is 5.32 Å². The summed E-state index contributed by atoms with van der Waals surface area (Å²) in [6, 6.07) is 13.8. The third-order valence-corrected chi connectivity index (χ3v) is 4.68. The van der Waals surface area contributed by atoms with Gasteiger partial charge in [0.1, 0.15) is 0 Å². The number of carbonyl (C=O) groups is 3. The van der Waals surface area contributed by atoms with E-state index >= 15 is 0 Å². The van der Waals surface area contributed by atoms with Crippen molar-refractivity contribution < 1.29 is 14.4 Å². The Bertz CT molecular complexity index is 870. The molecule has 0 aliphatic carbocycles. The first-order valence-electron chi connectivity index (χ1n) is 9.12. The Morgan fingerprint density at radius 1 is 1.07 bits per heavy atom. The van der Waals surface area contributed by atoms with Crippen LogP contribution >= 0.6 is 12.4 Å². The summed E-state index contributed by atoms with van der Waals surface area (Å²) in [4.78, 5) is 38.5. The summed E-state index contributed by atoms with van der Waals surface area (Å²) >= 11 is 0. The number of nitrogens with zero attached hydrogens (tertiary/aromatic N) is 1. The maximum atomic E-state index is 12.5. The number of unbranched alkanes of at least 4 members (excludes halogenated alkanes) is 1. The zero-order valence-corrected chi connectivity index (χ0v) is 16.5. The van der Waals surface area contributed by atoms with E-state index in [9.17, 15) is 14.4 Å². The Morgan fingerprint density at radius 2 is 1.75 bits per heavy atom. The molecule has 1 aliphatic rings. The van der Waals surface area contributed by atoms with E-state index in [1.54, 1.807) is 12.1 Å². The average molecular weight is 402 g/mol. The topological polar surface area (TPSA) is 92.5 Å². The number of hydrogen-bond donors (Lipinski definition) is 2. The molecule has 7 heteroatoms. The fraction of sp³-hybridized carbons (Fsp3) is 0.286. The number of imide groups is 1. The lowest BCUT2D eigenvalue weighted by Gasteiger charge is -2.13. The molecule has 1 heterocycles. The average Bonchev–Trinajstić information content (AvgIpc) is 2.94. The molecule has 28 heavy (non-hydrogen) atoms. The summed E-state index contributed by atoms with van der Waals surface area (Å²) in [7, 11) is 0. The molecule has 6 nitrogen and oxygen atoms in total. The molecule has 2 aromatic carbocycles. The van der Waals surface area contributed by atoms with Gasteiger partial charge in [-0.05, 0) is 30.2 Å². The quantitative estimate of drug-likeness (QED) is 0.697. The second-order valence-electron chi connectivity index (χ2n) is 6.60. The number of nitrogens with two attached hydrogens (primary N) is 1. The molecule has 1 aliphatic heterocycles. The molecule has 3 rings (SSSR count). The van der Waals surface area contributed by atoms with Crippen molar-refractivity contribution in [2.45, 2.75) is 25.8 Å². The predicted molar refractivity (Wildman–Crippen MR) is 110 cm³/mol. The summed E-state index contributed by atoms with van der Waals surface area (Å²) in [5, 5.41) is 2.79. The molecular formula is C21H24ClN3O3. The van der Waals surface area contributed by atoms with Crippen molar-refractivity contribution in [2.24, 2.45) is 5.73 Å². The van der Waals surface area contributed by atoms with Gasteiger partial charge in [-0.1, -0.05) is 43.7 Å². The Balaban J connectivity index is 0.00000280. The van der Waals surface area contributed by atoms with Crippen LogP contribution in [0.5, 0.6) is 0 Å². The van der Waals surface area contributed by atoms with Crippen LogP contribution in [0.3, 0.4) is 0 Å². The van der Waals surface area contributed by atoms with E-state index in [4.69, 9.17) is 5.73 Å². The zero-order chi connectivity index (χ0) is 19.4. The lowest BCUT2D eigenvalue weighted by Crippen LogP contribution is -2.32. The summed E-state index contributed by atoms with van der Waals surface area (Å²) in [5.74, 6) is -0.947. The van der Waals surface area contributed by atoms with Crippen LogP contribution in [0.15, 0.2) is 48.5 Å². The SMILES string of the molecule is CCCCN1C(=O)c2ccc(C(=O)NCC(N)c3ccccc3)cc2C1=O.Cl. The number of fused-ring (bicyclic) bond motifs is 1. The van der Waals surface area contributed by atoms with Gasteiger partial charge in [-0.3, -0.25) is 19.3 Å². The number of hydrogen-bond acceptors (Lipinski definition) is 4. The Labute approximate surface area is 170 Å². The van der Waals surface area contributed by atoms with E-state index in [-0.39, 0.29) is 48.3 Å². The molecule has 0 fully saturated rings. The van der Waals surface area contributed by atoms with E-state index in [1.165, 1.54) is 11.0 Å². The largest absolute Gasteiger partial charge is 0.350 e. The fourth-order valence-electron chi connectivity index (χ4n) is 3.07. The first kappa shape index (κ1) is 21.6.